The van der Waals surface area contributed by atoms with Crippen molar-refractivity contribution in [3.63, 3.8) is 0 Å². The minimum absolute atomic E-state index is 0.437. The van der Waals surface area contributed by atoms with Crippen LogP contribution >= 0.6 is 23.2 Å². The van der Waals surface area contributed by atoms with Gasteiger partial charge in [0.2, 0.25) is 0 Å². The van der Waals surface area contributed by atoms with Gasteiger partial charge >= 0.3 is 0 Å². The molecule has 0 saturated carbocycles. The molecular formula is C16H10Cl2N4. The minimum atomic E-state index is 0.437. The molecule has 3 aromatic rings. The van der Waals surface area contributed by atoms with Gasteiger partial charge in [-0.1, -0.05) is 41.4 Å². The van der Waals surface area contributed by atoms with Crippen molar-refractivity contribution in [3.05, 3.63) is 75.8 Å². The van der Waals surface area contributed by atoms with E-state index >= 15 is 0 Å². The van der Waals surface area contributed by atoms with Crippen molar-refractivity contribution in [2.24, 2.45) is 4.99 Å². The zero-order valence-electron chi connectivity index (χ0n) is 11.4. The Bertz CT molecular complexity index is 899. The Kier molecular flexibility index (Phi) is 3.21. The van der Waals surface area contributed by atoms with Gasteiger partial charge < -0.3 is 0 Å². The van der Waals surface area contributed by atoms with Crippen LogP contribution in [0.25, 0.3) is 5.69 Å². The molecule has 22 heavy (non-hydrogen) atoms. The fourth-order valence-corrected chi connectivity index (χ4v) is 2.97. The molecule has 2 aromatic carbocycles. The van der Waals surface area contributed by atoms with Crippen molar-refractivity contribution in [2.75, 3.05) is 0 Å². The van der Waals surface area contributed by atoms with E-state index in [-0.39, 0.29) is 0 Å². The lowest BCUT2D eigenvalue weighted by Crippen LogP contribution is -2.08. The summed E-state index contributed by atoms with van der Waals surface area (Å²) in [5.74, 6) is 0.783. The molecule has 6 heteroatoms. The van der Waals surface area contributed by atoms with Crippen LogP contribution in [-0.2, 0) is 6.54 Å². The monoisotopic (exact) mass is 328 g/mol. The third kappa shape index (κ3) is 2.12. The van der Waals surface area contributed by atoms with Gasteiger partial charge in [-0.05, 0) is 24.3 Å². The predicted molar refractivity (Wildman–Crippen MR) is 87.2 cm³/mol. The molecule has 1 aromatic heterocycles. The fourth-order valence-electron chi connectivity index (χ4n) is 2.58. The van der Waals surface area contributed by atoms with E-state index in [0.717, 1.165) is 28.4 Å². The van der Waals surface area contributed by atoms with Crippen LogP contribution in [0.5, 0.6) is 0 Å². The highest BCUT2D eigenvalue weighted by Gasteiger charge is 2.21. The fraction of sp³-hybridized carbons (Fsp3) is 0.0625. The first kappa shape index (κ1) is 13.5. The highest BCUT2D eigenvalue weighted by Crippen LogP contribution is 2.28. The van der Waals surface area contributed by atoms with E-state index in [4.69, 9.17) is 28.2 Å². The Balaban J connectivity index is 2.01. The topological polar surface area (TPSA) is 43.1 Å². The number of hydrogen-bond acceptors (Lipinski definition) is 3. The van der Waals surface area contributed by atoms with Crippen LogP contribution in [-0.4, -0.2) is 20.5 Å². The Morgan fingerprint density at radius 2 is 1.86 bits per heavy atom. The molecule has 0 unspecified atom stereocenters. The molecular weight excluding hydrogens is 319 g/mol. The zero-order chi connectivity index (χ0) is 15.1. The van der Waals surface area contributed by atoms with Crippen LogP contribution in [0, 0.1) is 0 Å². The number of hydrogen-bond donors (Lipinski definition) is 0. The van der Waals surface area contributed by atoms with E-state index < -0.39 is 0 Å². The highest BCUT2D eigenvalue weighted by atomic mass is 35.5. The van der Waals surface area contributed by atoms with E-state index in [1.165, 1.54) is 6.33 Å². The number of rotatable bonds is 1. The number of fused-ring (bicyclic) bond motifs is 3. The molecule has 2 heterocycles. The number of benzene rings is 2. The van der Waals surface area contributed by atoms with Crippen LogP contribution in [0.2, 0.25) is 10.0 Å². The summed E-state index contributed by atoms with van der Waals surface area (Å²) in [5, 5.41) is 5.59. The number of nitrogens with zero attached hydrogens (tertiary/aromatic N) is 4. The lowest BCUT2D eigenvalue weighted by Gasteiger charge is -2.12. The van der Waals surface area contributed by atoms with Gasteiger partial charge in [0.05, 0.1) is 17.9 Å². The lowest BCUT2D eigenvalue weighted by molar-refractivity contribution is 0.798. The molecule has 1 aliphatic rings. The van der Waals surface area contributed by atoms with Gasteiger partial charge in [-0.15, -0.1) is 0 Å². The van der Waals surface area contributed by atoms with Crippen molar-refractivity contribution in [3.8, 4) is 5.69 Å². The Morgan fingerprint density at radius 1 is 1.00 bits per heavy atom. The summed E-state index contributed by atoms with van der Waals surface area (Å²) in [5.41, 5.74) is 3.46. The Morgan fingerprint density at radius 3 is 2.73 bits per heavy atom. The molecule has 0 N–H and O–H groups in total. The van der Waals surface area contributed by atoms with Crippen LogP contribution in [0.1, 0.15) is 17.0 Å². The summed E-state index contributed by atoms with van der Waals surface area (Å²) in [6, 6.07) is 13.3. The maximum Gasteiger partial charge on any atom is 0.153 e. The summed E-state index contributed by atoms with van der Waals surface area (Å²) >= 11 is 12.5. The summed E-state index contributed by atoms with van der Waals surface area (Å²) in [7, 11) is 0. The first-order chi connectivity index (χ1) is 10.7. The van der Waals surface area contributed by atoms with E-state index in [2.05, 4.69) is 10.1 Å². The minimum Gasteiger partial charge on any atom is -0.276 e. The molecule has 0 amide bonds. The quantitative estimate of drug-likeness (QED) is 0.679. The maximum atomic E-state index is 6.35. The second-order valence-electron chi connectivity index (χ2n) is 4.89. The smallest absolute Gasteiger partial charge is 0.153 e. The summed E-state index contributed by atoms with van der Waals surface area (Å²) < 4.78 is 1.79. The SMILES string of the molecule is Clc1ccc2c(c1)C(c1ccccc1Cl)=NCc1ncnn1-2. The average molecular weight is 329 g/mol. The molecule has 4 nitrogen and oxygen atoms in total. The summed E-state index contributed by atoms with van der Waals surface area (Å²) in [6.07, 6.45) is 1.53. The van der Waals surface area contributed by atoms with Gasteiger partial charge in [-0.3, -0.25) is 4.99 Å². The second kappa shape index (κ2) is 5.23. The third-order valence-electron chi connectivity index (χ3n) is 3.57. The third-order valence-corrected chi connectivity index (χ3v) is 4.13. The van der Waals surface area contributed by atoms with Crippen LogP contribution in [0.15, 0.2) is 53.8 Å². The lowest BCUT2D eigenvalue weighted by atomic mass is 10.0. The molecule has 0 spiro atoms. The van der Waals surface area contributed by atoms with Gasteiger partial charge in [0.1, 0.15) is 6.33 Å². The molecule has 0 radical (unpaired) electrons. The van der Waals surface area contributed by atoms with E-state index in [9.17, 15) is 0 Å². The van der Waals surface area contributed by atoms with Gasteiger partial charge in [0.25, 0.3) is 0 Å². The van der Waals surface area contributed by atoms with Crippen LogP contribution in [0.4, 0.5) is 0 Å². The molecule has 0 saturated heterocycles. The first-order valence-corrected chi connectivity index (χ1v) is 7.48. The molecule has 0 fully saturated rings. The molecule has 0 atom stereocenters. The highest BCUT2D eigenvalue weighted by molar-refractivity contribution is 6.36. The molecule has 108 valence electrons. The summed E-state index contributed by atoms with van der Waals surface area (Å²) in [4.78, 5) is 8.97. The molecule has 0 bridgehead atoms. The van der Waals surface area contributed by atoms with Gasteiger partial charge in [-0.25, -0.2) is 9.67 Å². The van der Waals surface area contributed by atoms with Gasteiger partial charge in [-0.2, -0.15) is 5.10 Å². The van der Waals surface area contributed by atoms with Crippen molar-refractivity contribution in [2.45, 2.75) is 6.54 Å². The Hall–Kier alpha value is -2.17. The van der Waals surface area contributed by atoms with Crippen molar-refractivity contribution in [1.29, 1.82) is 0 Å². The number of halogens is 2. The normalized spacial score (nSPS) is 13.1. The van der Waals surface area contributed by atoms with E-state index in [1.54, 1.807) is 4.68 Å². The van der Waals surface area contributed by atoms with Crippen molar-refractivity contribution >= 4 is 28.9 Å². The van der Waals surface area contributed by atoms with Crippen molar-refractivity contribution < 1.29 is 0 Å². The van der Waals surface area contributed by atoms with Gasteiger partial charge in [0, 0.05) is 21.2 Å². The standard InChI is InChI=1S/C16H10Cl2N4/c17-10-5-6-14-12(7-10)16(11-3-1-2-4-13(11)18)19-8-15-20-9-21-22(14)15/h1-7,9H,8H2. The number of aliphatic imine (C=N–C) groups is 1. The number of aromatic nitrogens is 3. The van der Waals surface area contributed by atoms with E-state index in [0.29, 0.717) is 16.6 Å². The molecule has 0 aliphatic carbocycles. The van der Waals surface area contributed by atoms with E-state index in [1.807, 2.05) is 42.5 Å². The second-order valence-corrected chi connectivity index (χ2v) is 5.74. The van der Waals surface area contributed by atoms with Crippen molar-refractivity contribution in [1.82, 2.24) is 14.8 Å². The predicted octanol–water partition coefficient (Wildman–Crippen LogP) is 3.93. The average Bonchev–Trinajstić information content (AvgIpc) is 2.92. The largest absolute Gasteiger partial charge is 0.276 e. The Labute approximate surface area is 137 Å². The summed E-state index contributed by atoms with van der Waals surface area (Å²) in [6.45, 7) is 0.437. The maximum absolute atomic E-state index is 6.35. The van der Waals surface area contributed by atoms with Crippen LogP contribution < -0.4 is 0 Å². The van der Waals surface area contributed by atoms with Gasteiger partial charge in [0.15, 0.2) is 5.82 Å². The molecule has 4 rings (SSSR count). The molecule has 1 aliphatic heterocycles. The first-order valence-electron chi connectivity index (χ1n) is 6.72. The van der Waals surface area contributed by atoms with Crippen LogP contribution in [0.3, 0.4) is 0 Å². The zero-order valence-corrected chi connectivity index (χ0v) is 12.9.